The van der Waals surface area contributed by atoms with Gasteiger partial charge >= 0.3 is 0 Å². The van der Waals surface area contributed by atoms with Crippen molar-refractivity contribution in [3.05, 3.63) is 0 Å². The minimum atomic E-state index is -0.0949. The van der Waals surface area contributed by atoms with Crippen LogP contribution in [0.2, 0.25) is 0 Å². The second-order valence-corrected chi connectivity index (χ2v) is 3.11. The Morgan fingerprint density at radius 3 is 1.67 bits per heavy atom. The van der Waals surface area contributed by atoms with E-state index >= 15 is 0 Å². The van der Waals surface area contributed by atoms with Crippen molar-refractivity contribution in [1.29, 1.82) is 0 Å². The standard InChI is InChI=1S/C6H14O2.V/c1-5(8-7)6(2,3)4;/h5,7H,1-4H3;. The van der Waals surface area contributed by atoms with Gasteiger partial charge in [0, 0.05) is 18.6 Å². The van der Waals surface area contributed by atoms with Crippen molar-refractivity contribution in [1.82, 2.24) is 0 Å². The molecule has 0 aromatic carbocycles. The maximum atomic E-state index is 8.17. The first kappa shape index (κ1) is 12.2. The maximum absolute atomic E-state index is 8.17. The van der Waals surface area contributed by atoms with E-state index in [2.05, 4.69) is 4.89 Å². The molecule has 9 heavy (non-hydrogen) atoms. The fraction of sp³-hybridized carbons (Fsp3) is 1.00. The molecule has 0 fully saturated rings. The molecule has 0 aliphatic rings. The third-order valence-electron chi connectivity index (χ3n) is 1.38. The van der Waals surface area contributed by atoms with Gasteiger partial charge in [-0.05, 0) is 12.3 Å². The first-order valence-corrected chi connectivity index (χ1v) is 2.78. The summed E-state index contributed by atoms with van der Waals surface area (Å²) in [6.07, 6.45) is -0.0949. The predicted molar refractivity (Wildman–Crippen MR) is 32.6 cm³/mol. The predicted octanol–water partition coefficient (Wildman–Crippen LogP) is 1.91. The van der Waals surface area contributed by atoms with Crippen molar-refractivity contribution in [3.63, 3.8) is 0 Å². The summed E-state index contributed by atoms with van der Waals surface area (Å²) in [6, 6.07) is 0. The number of hydrogen-bond donors (Lipinski definition) is 1. The zero-order chi connectivity index (χ0) is 6.78. The third-order valence-corrected chi connectivity index (χ3v) is 1.38. The van der Waals surface area contributed by atoms with E-state index in [1.54, 1.807) is 0 Å². The molecule has 0 aromatic rings. The van der Waals surface area contributed by atoms with Gasteiger partial charge in [-0.3, -0.25) is 5.26 Å². The van der Waals surface area contributed by atoms with E-state index in [4.69, 9.17) is 5.26 Å². The molecule has 0 saturated heterocycles. The van der Waals surface area contributed by atoms with Crippen LogP contribution in [0, 0.1) is 5.41 Å². The van der Waals surface area contributed by atoms with Crippen molar-refractivity contribution < 1.29 is 28.7 Å². The summed E-state index contributed by atoms with van der Waals surface area (Å²) in [5, 5.41) is 8.17. The summed E-state index contributed by atoms with van der Waals surface area (Å²) in [5.41, 5.74) is 0.0365. The van der Waals surface area contributed by atoms with Crippen LogP contribution in [0.1, 0.15) is 27.7 Å². The fourth-order valence-corrected chi connectivity index (χ4v) is 0.158. The van der Waals surface area contributed by atoms with Crippen molar-refractivity contribution in [2.24, 2.45) is 5.41 Å². The summed E-state index contributed by atoms with van der Waals surface area (Å²) in [7, 11) is 0. The molecule has 2 nitrogen and oxygen atoms in total. The Morgan fingerprint density at radius 2 is 1.67 bits per heavy atom. The molecule has 1 atom stereocenters. The van der Waals surface area contributed by atoms with Gasteiger partial charge < -0.3 is 0 Å². The topological polar surface area (TPSA) is 29.5 Å². The molecule has 1 N–H and O–H groups in total. The summed E-state index contributed by atoms with van der Waals surface area (Å²) < 4.78 is 0. The van der Waals surface area contributed by atoms with Gasteiger partial charge in [0.1, 0.15) is 0 Å². The Kier molecular flexibility index (Phi) is 5.89. The molecule has 0 bridgehead atoms. The monoisotopic (exact) mass is 169 g/mol. The number of hydrogen-bond acceptors (Lipinski definition) is 2. The molecule has 55 valence electrons. The van der Waals surface area contributed by atoms with Crippen molar-refractivity contribution in [3.8, 4) is 0 Å². The van der Waals surface area contributed by atoms with Crippen LogP contribution >= 0.6 is 0 Å². The van der Waals surface area contributed by atoms with Crippen molar-refractivity contribution >= 4 is 0 Å². The van der Waals surface area contributed by atoms with E-state index < -0.39 is 0 Å². The molecule has 0 aromatic heterocycles. The van der Waals surface area contributed by atoms with E-state index in [1.165, 1.54) is 0 Å². The molecular weight excluding hydrogens is 155 g/mol. The summed E-state index contributed by atoms with van der Waals surface area (Å²) >= 11 is 0. The molecule has 1 radical (unpaired) electrons. The van der Waals surface area contributed by atoms with Gasteiger partial charge in [-0.2, -0.15) is 0 Å². The zero-order valence-electron chi connectivity index (χ0n) is 6.38. The normalized spacial score (nSPS) is 14.3. The average Bonchev–Trinajstić information content (AvgIpc) is 1.62. The minimum Gasteiger partial charge on any atom is -0.252 e. The van der Waals surface area contributed by atoms with Crippen LogP contribution in [0.3, 0.4) is 0 Å². The van der Waals surface area contributed by atoms with Crippen LogP contribution in [0.5, 0.6) is 0 Å². The Labute approximate surface area is 68.4 Å². The van der Waals surface area contributed by atoms with E-state index in [0.717, 1.165) is 0 Å². The van der Waals surface area contributed by atoms with Gasteiger partial charge in [0.25, 0.3) is 0 Å². The van der Waals surface area contributed by atoms with Crippen molar-refractivity contribution in [2.75, 3.05) is 0 Å². The van der Waals surface area contributed by atoms with Crippen LogP contribution in [-0.4, -0.2) is 11.4 Å². The van der Waals surface area contributed by atoms with Crippen molar-refractivity contribution in [2.45, 2.75) is 33.8 Å². The van der Waals surface area contributed by atoms with E-state index in [0.29, 0.717) is 0 Å². The largest absolute Gasteiger partial charge is 0.252 e. The smallest absolute Gasteiger partial charge is 0.0947 e. The van der Waals surface area contributed by atoms with Crippen LogP contribution in [0.15, 0.2) is 0 Å². The molecule has 0 spiro atoms. The Hall–Kier alpha value is 0.504. The molecule has 0 heterocycles. The Balaban J connectivity index is 0. The van der Waals surface area contributed by atoms with E-state index in [1.807, 2.05) is 27.7 Å². The van der Waals surface area contributed by atoms with Gasteiger partial charge in [0.15, 0.2) is 0 Å². The van der Waals surface area contributed by atoms with Gasteiger partial charge in [-0.15, -0.1) is 0 Å². The van der Waals surface area contributed by atoms with E-state index in [9.17, 15) is 0 Å². The second kappa shape index (κ2) is 4.34. The molecule has 1 unspecified atom stereocenters. The molecule has 3 heteroatoms. The van der Waals surface area contributed by atoms with Gasteiger partial charge in [0.05, 0.1) is 6.10 Å². The molecule has 0 saturated carbocycles. The SMILES string of the molecule is CC(OO)C(C)(C)C.[V]. The van der Waals surface area contributed by atoms with Gasteiger partial charge in [-0.1, -0.05) is 20.8 Å². The third kappa shape index (κ3) is 4.97. The minimum absolute atomic E-state index is 0. The quantitative estimate of drug-likeness (QED) is 0.480. The van der Waals surface area contributed by atoms with Crippen LogP contribution in [-0.2, 0) is 23.4 Å². The Bertz CT molecular complexity index is 67.9. The van der Waals surface area contributed by atoms with Crippen LogP contribution < -0.4 is 0 Å². The second-order valence-electron chi connectivity index (χ2n) is 3.11. The van der Waals surface area contributed by atoms with Gasteiger partial charge in [0.2, 0.25) is 0 Å². The zero-order valence-corrected chi connectivity index (χ0v) is 7.78. The summed E-state index contributed by atoms with van der Waals surface area (Å²) in [5.74, 6) is 0. The Morgan fingerprint density at radius 1 is 1.33 bits per heavy atom. The van der Waals surface area contributed by atoms with Gasteiger partial charge in [-0.25, -0.2) is 4.89 Å². The first-order chi connectivity index (χ1) is 3.48. The average molecular weight is 169 g/mol. The molecule has 0 aliphatic heterocycles. The molecular formula is C6H14O2V. The summed E-state index contributed by atoms with van der Waals surface area (Å²) in [4.78, 5) is 4.11. The molecule has 0 aliphatic carbocycles. The maximum Gasteiger partial charge on any atom is 0.0947 e. The molecule has 0 amide bonds. The van der Waals surface area contributed by atoms with E-state index in [-0.39, 0.29) is 30.1 Å². The first-order valence-electron chi connectivity index (χ1n) is 2.78. The number of rotatable bonds is 1. The van der Waals surface area contributed by atoms with Crippen LogP contribution in [0.25, 0.3) is 0 Å². The molecule has 0 rings (SSSR count). The fourth-order valence-electron chi connectivity index (χ4n) is 0.158. The summed E-state index contributed by atoms with van der Waals surface area (Å²) in [6.45, 7) is 7.86. The van der Waals surface area contributed by atoms with Crippen LogP contribution in [0.4, 0.5) is 0 Å².